The molecule has 3 heteroatoms. The molecule has 0 unspecified atom stereocenters. The van der Waals surface area contributed by atoms with Gasteiger partial charge in [-0.3, -0.25) is 4.90 Å². The summed E-state index contributed by atoms with van der Waals surface area (Å²) in [6.07, 6.45) is 0. The Morgan fingerprint density at radius 1 is 1.50 bits per heavy atom. The average Bonchev–Trinajstić information content (AvgIpc) is 1.99. The molecule has 0 amide bonds. The first-order valence-corrected chi connectivity index (χ1v) is 4.94. The summed E-state index contributed by atoms with van der Waals surface area (Å²) in [5, 5.41) is 12.6. The van der Waals surface area contributed by atoms with Crippen molar-refractivity contribution in [1.29, 1.82) is 0 Å². The van der Waals surface area contributed by atoms with Crippen LogP contribution in [0.4, 0.5) is 0 Å². The molecule has 1 fully saturated rings. The van der Waals surface area contributed by atoms with Crippen LogP contribution in [0.1, 0.15) is 5.56 Å². The van der Waals surface area contributed by atoms with Crippen molar-refractivity contribution in [2.24, 2.45) is 0 Å². The van der Waals surface area contributed by atoms with Gasteiger partial charge in [-0.2, -0.15) is 0 Å². The highest BCUT2D eigenvalue weighted by Gasteiger charge is 2.21. The van der Waals surface area contributed by atoms with Gasteiger partial charge in [-0.05, 0) is 24.7 Å². The minimum absolute atomic E-state index is 0.350. The van der Waals surface area contributed by atoms with Gasteiger partial charge in [-0.15, -0.1) is 0 Å². The summed E-state index contributed by atoms with van der Waals surface area (Å²) in [4.78, 5) is 2.31. The summed E-state index contributed by atoms with van der Waals surface area (Å²) >= 11 is 0. The van der Waals surface area contributed by atoms with Gasteiger partial charge in [-0.1, -0.05) is 12.1 Å². The second kappa shape index (κ2) is 3.98. The molecule has 76 valence electrons. The van der Waals surface area contributed by atoms with Crippen LogP contribution < -0.4 is 5.32 Å². The SMILES string of the molecule is CN(Cc1cccc(O)c1)C1CNC1. The second-order valence-electron chi connectivity index (χ2n) is 3.90. The number of benzene rings is 1. The Morgan fingerprint density at radius 2 is 2.29 bits per heavy atom. The summed E-state index contributed by atoms with van der Waals surface area (Å²) < 4.78 is 0. The predicted molar refractivity (Wildman–Crippen MR) is 56.2 cm³/mol. The van der Waals surface area contributed by atoms with Gasteiger partial charge < -0.3 is 10.4 Å². The van der Waals surface area contributed by atoms with Crippen LogP contribution in [0.3, 0.4) is 0 Å². The van der Waals surface area contributed by atoms with Crippen molar-refractivity contribution in [2.75, 3.05) is 20.1 Å². The Labute approximate surface area is 84.4 Å². The number of phenolic OH excluding ortho intramolecular Hbond substituents is 1. The molecule has 0 atom stereocenters. The second-order valence-corrected chi connectivity index (χ2v) is 3.90. The lowest BCUT2D eigenvalue weighted by molar-refractivity contribution is 0.173. The topological polar surface area (TPSA) is 35.5 Å². The molecule has 1 aromatic rings. The van der Waals surface area contributed by atoms with E-state index in [1.54, 1.807) is 6.07 Å². The summed E-state index contributed by atoms with van der Waals surface area (Å²) in [6, 6.07) is 8.11. The first-order chi connectivity index (χ1) is 6.75. The molecule has 1 saturated heterocycles. The maximum Gasteiger partial charge on any atom is 0.115 e. The summed E-state index contributed by atoms with van der Waals surface area (Å²) in [5.74, 6) is 0.350. The van der Waals surface area contributed by atoms with E-state index in [2.05, 4.69) is 17.3 Å². The molecular formula is C11H16N2O. The Balaban J connectivity index is 1.95. The van der Waals surface area contributed by atoms with Gasteiger partial charge in [0.15, 0.2) is 0 Å². The molecule has 0 spiro atoms. The standard InChI is InChI=1S/C11H16N2O/c1-13(10-6-12-7-10)8-9-3-2-4-11(14)5-9/h2-5,10,12,14H,6-8H2,1H3. The highest BCUT2D eigenvalue weighted by Crippen LogP contribution is 2.14. The van der Waals surface area contributed by atoms with E-state index in [1.807, 2.05) is 18.2 Å². The first kappa shape index (κ1) is 9.49. The van der Waals surface area contributed by atoms with Crippen molar-refractivity contribution in [2.45, 2.75) is 12.6 Å². The molecule has 14 heavy (non-hydrogen) atoms. The van der Waals surface area contributed by atoms with Crippen molar-refractivity contribution >= 4 is 0 Å². The lowest BCUT2D eigenvalue weighted by atomic mass is 10.1. The molecule has 2 N–H and O–H groups in total. The smallest absolute Gasteiger partial charge is 0.115 e. The third-order valence-corrected chi connectivity index (χ3v) is 2.73. The highest BCUT2D eigenvalue weighted by atomic mass is 16.3. The van der Waals surface area contributed by atoms with Crippen LogP contribution in [0.5, 0.6) is 5.75 Å². The zero-order chi connectivity index (χ0) is 9.97. The van der Waals surface area contributed by atoms with E-state index < -0.39 is 0 Å². The fourth-order valence-electron chi connectivity index (χ4n) is 1.66. The van der Waals surface area contributed by atoms with E-state index in [-0.39, 0.29) is 0 Å². The third-order valence-electron chi connectivity index (χ3n) is 2.73. The third kappa shape index (κ3) is 2.05. The number of phenols is 1. The number of hydrogen-bond acceptors (Lipinski definition) is 3. The summed E-state index contributed by atoms with van der Waals surface area (Å²) in [5.41, 5.74) is 1.17. The first-order valence-electron chi connectivity index (χ1n) is 4.94. The fourth-order valence-corrected chi connectivity index (χ4v) is 1.66. The number of nitrogens with zero attached hydrogens (tertiary/aromatic N) is 1. The van der Waals surface area contributed by atoms with Crippen LogP contribution in [0, 0.1) is 0 Å². The Hall–Kier alpha value is -1.06. The lowest BCUT2D eigenvalue weighted by Crippen LogP contribution is -2.55. The van der Waals surface area contributed by atoms with Crippen molar-refractivity contribution in [3.05, 3.63) is 29.8 Å². The van der Waals surface area contributed by atoms with Crippen molar-refractivity contribution in [3.63, 3.8) is 0 Å². The van der Waals surface area contributed by atoms with E-state index >= 15 is 0 Å². The van der Waals surface area contributed by atoms with Crippen LogP contribution in [-0.2, 0) is 6.54 Å². The van der Waals surface area contributed by atoms with Gasteiger partial charge in [-0.25, -0.2) is 0 Å². The van der Waals surface area contributed by atoms with E-state index in [0.29, 0.717) is 11.8 Å². The Morgan fingerprint density at radius 3 is 2.86 bits per heavy atom. The monoisotopic (exact) mass is 192 g/mol. The molecule has 1 aliphatic rings. The number of likely N-dealkylation sites (N-methyl/N-ethyl adjacent to an activating group) is 1. The molecule has 2 rings (SSSR count). The molecule has 0 aliphatic carbocycles. The minimum Gasteiger partial charge on any atom is -0.508 e. The van der Waals surface area contributed by atoms with Crippen LogP contribution in [0.2, 0.25) is 0 Å². The van der Waals surface area contributed by atoms with E-state index in [9.17, 15) is 5.11 Å². The number of hydrogen-bond donors (Lipinski definition) is 2. The molecule has 1 aliphatic heterocycles. The number of rotatable bonds is 3. The Kier molecular flexibility index (Phi) is 2.70. The van der Waals surface area contributed by atoms with Gasteiger partial charge >= 0.3 is 0 Å². The van der Waals surface area contributed by atoms with Gasteiger partial charge in [0.05, 0.1) is 0 Å². The zero-order valence-electron chi connectivity index (χ0n) is 8.40. The van der Waals surface area contributed by atoms with Crippen molar-refractivity contribution < 1.29 is 5.11 Å². The summed E-state index contributed by atoms with van der Waals surface area (Å²) in [6.45, 7) is 3.06. The molecule has 0 saturated carbocycles. The average molecular weight is 192 g/mol. The quantitative estimate of drug-likeness (QED) is 0.743. The zero-order valence-corrected chi connectivity index (χ0v) is 8.40. The van der Waals surface area contributed by atoms with E-state index in [0.717, 1.165) is 19.6 Å². The highest BCUT2D eigenvalue weighted by molar-refractivity contribution is 5.27. The van der Waals surface area contributed by atoms with Crippen molar-refractivity contribution in [1.82, 2.24) is 10.2 Å². The maximum atomic E-state index is 9.30. The largest absolute Gasteiger partial charge is 0.508 e. The predicted octanol–water partition coefficient (Wildman–Crippen LogP) is 0.796. The van der Waals surface area contributed by atoms with E-state index in [4.69, 9.17) is 0 Å². The molecule has 0 radical (unpaired) electrons. The van der Waals surface area contributed by atoms with Crippen LogP contribution in [0.15, 0.2) is 24.3 Å². The number of aromatic hydroxyl groups is 1. The molecule has 0 bridgehead atoms. The van der Waals surface area contributed by atoms with Gasteiger partial charge in [0.2, 0.25) is 0 Å². The maximum absolute atomic E-state index is 9.30. The summed E-state index contributed by atoms with van der Waals surface area (Å²) in [7, 11) is 2.12. The van der Waals surface area contributed by atoms with Crippen LogP contribution in [0.25, 0.3) is 0 Å². The molecule has 0 aromatic heterocycles. The van der Waals surface area contributed by atoms with Gasteiger partial charge in [0, 0.05) is 25.7 Å². The van der Waals surface area contributed by atoms with E-state index in [1.165, 1.54) is 5.56 Å². The minimum atomic E-state index is 0.350. The van der Waals surface area contributed by atoms with Gasteiger partial charge in [0.25, 0.3) is 0 Å². The molecule has 1 heterocycles. The Bertz CT molecular complexity index is 310. The van der Waals surface area contributed by atoms with Gasteiger partial charge in [0.1, 0.15) is 5.75 Å². The van der Waals surface area contributed by atoms with Crippen LogP contribution in [-0.4, -0.2) is 36.2 Å². The molecule has 1 aromatic carbocycles. The van der Waals surface area contributed by atoms with Crippen LogP contribution >= 0.6 is 0 Å². The lowest BCUT2D eigenvalue weighted by Gasteiger charge is -2.35. The number of nitrogens with one attached hydrogen (secondary N) is 1. The fraction of sp³-hybridized carbons (Fsp3) is 0.455. The molecular weight excluding hydrogens is 176 g/mol. The van der Waals surface area contributed by atoms with Crippen molar-refractivity contribution in [3.8, 4) is 5.75 Å². The molecule has 3 nitrogen and oxygen atoms in total. The normalized spacial score (nSPS) is 17.0.